The van der Waals surface area contributed by atoms with E-state index in [-0.39, 0.29) is 5.91 Å². The van der Waals surface area contributed by atoms with Gasteiger partial charge in [-0.3, -0.25) is 9.78 Å². The van der Waals surface area contributed by atoms with Gasteiger partial charge in [-0.25, -0.2) is 0 Å². The van der Waals surface area contributed by atoms with Crippen LogP contribution in [0.3, 0.4) is 0 Å². The van der Waals surface area contributed by atoms with E-state index in [0.29, 0.717) is 26.0 Å². The third-order valence-corrected chi connectivity index (χ3v) is 4.71. The van der Waals surface area contributed by atoms with E-state index in [1.807, 2.05) is 54.8 Å². The fourth-order valence-electron chi connectivity index (χ4n) is 2.70. The van der Waals surface area contributed by atoms with Gasteiger partial charge in [-0.2, -0.15) is 11.3 Å². The van der Waals surface area contributed by atoms with E-state index in [0.717, 1.165) is 28.1 Å². The molecule has 3 aromatic rings. The minimum atomic E-state index is 0.0326. The first-order valence-electron chi connectivity index (χ1n) is 8.71. The predicted molar refractivity (Wildman–Crippen MR) is 105 cm³/mol. The number of amides is 1. The molecule has 26 heavy (non-hydrogen) atoms. The van der Waals surface area contributed by atoms with Crippen molar-refractivity contribution in [1.82, 2.24) is 10.3 Å². The molecule has 1 aromatic carbocycles. The van der Waals surface area contributed by atoms with E-state index in [4.69, 9.17) is 4.74 Å². The van der Waals surface area contributed by atoms with Crippen LogP contribution in [0.2, 0.25) is 0 Å². The summed E-state index contributed by atoms with van der Waals surface area (Å²) in [6.45, 7) is 3.09. The molecule has 2 heterocycles. The van der Waals surface area contributed by atoms with Crippen LogP contribution in [0.4, 0.5) is 0 Å². The van der Waals surface area contributed by atoms with Crippen LogP contribution in [-0.4, -0.2) is 17.5 Å². The molecule has 0 unspecified atom stereocenters. The molecule has 0 bridgehead atoms. The Labute approximate surface area is 157 Å². The van der Waals surface area contributed by atoms with Gasteiger partial charge in [-0.15, -0.1) is 0 Å². The summed E-state index contributed by atoms with van der Waals surface area (Å²) in [6, 6.07) is 13.9. The number of aromatic nitrogens is 1. The molecule has 5 heteroatoms. The number of hydrogen-bond donors (Lipinski definition) is 1. The van der Waals surface area contributed by atoms with Gasteiger partial charge in [0.25, 0.3) is 0 Å². The molecule has 0 saturated heterocycles. The lowest BCUT2D eigenvalue weighted by atomic mass is 10.1. The smallest absolute Gasteiger partial charge is 0.220 e. The molecule has 0 radical (unpaired) electrons. The number of rotatable bonds is 8. The number of ether oxygens (including phenoxy) is 1. The lowest BCUT2D eigenvalue weighted by Gasteiger charge is -2.10. The summed E-state index contributed by atoms with van der Waals surface area (Å²) in [5.41, 5.74) is 4.15. The second kappa shape index (κ2) is 9.15. The minimum absolute atomic E-state index is 0.0326. The maximum Gasteiger partial charge on any atom is 0.220 e. The second-order valence-corrected chi connectivity index (χ2v) is 6.66. The molecule has 0 saturated carbocycles. The highest BCUT2D eigenvalue weighted by Crippen LogP contribution is 2.21. The average Bonchev–Trinajstić information content (AvgIpc) is 3.21. The zero-order chi connectivity index (χ0) is 18.2. The topological polar surface area (TPSA) is 51.2 Å². The second-order valence-electron chi connectivity index (χ2n) is 5.88. The number of carbonyl (C=O) groups is 1. The number of pyridine rings is 1. The first-order chi connectivity index (χ1) is 12.8. The fourth-order valence-corrected chi connectivity index (χ4v) is 3.35. The highest BCUT2D eigenvalue weighted by molar-refractivity contribution is 7.08. The van der Waals surface area contributed by atoms with Gasteiger partial charge in [0.1, 0.15) is 5.75 Å². The van der Waals surface area contributed by atoms with E-state index < -0.39 is 0 Å². The standard InChI is InChI=1S/C21H22N2O2S/c1-2-25-20-6-4-3-5-17(20)7-8-21(24)23-14-16-9-11-22-19(13-16)18-10-12-26-15-18/h3-6,9-13,15H,2,7-8,14H2,1H3,(H,23,24). The van der Waals surface area contributed by atoms with Crippen LogP contribution >= 0.6 is 11.3 Å². The molecule has 134 valence electrons. The first kappa shape index (κ1) is 18.1. The molecular formula is C21H22N2O2S. The summed E-state index contributed by atoms with van der Waals surface area (Å²) in [7, 11) is 0. The Morgan fingerprint density at radius 3 is 2.92 bits per heavy atom. The minimum Gasteiger partial charge on any atom is -0.494 e. The molecule has 0 aliphatic carbocycles. The quantitative estimate of drug-likeness (QED) is 0.640. The number of carbonyl (C=O) groups excluding carboxylic acids is 1. The molecule has 1 N–H and O–H groups in total. The summed E-state index contributed by atoms with van der Waals surface area (Å²) >= 11 is 1.65. The number of nitrogens with one attached hydrogen (secondary N) is 1. The van der Waals surface area contributed by atoms with Gasteiger partial charge >= 0.3 is 0 Å². The van der Waals surface area contributed by atoms with Gasteiger partial charge in [-0.05, 0) is 54.1 Å². The van der Waals surface area contributed by atoms with Gasteiger partial charge in [0.2, 0.25) is 5.91 Å². The molecule has 0 spiro atoms. The van der Waals surface area contributed by atoms with Crippen LogP contribution in [0.5, 0.6) is 5.75 Å². The number of benzene rings is 1. The number of nitrogens with zero attached hydrogens (tertiary/aromatic N) is 1. The van der Waals surface area contributed by atoms with Crippen molar-refractivity contribution in [1.29, 1.82) is 0 Å². The fraction of sp³-hybridized carbons (Fsp3) is 0.238. The van der Waals surface area contributed by atoms with Gasteiger partial charge in [-0.1, -0.05) is 18.2 Å². The zero-order valence-corrected chi connectivity index (χ0v) is 15.6. The normalized spacial score (nSPS) is 10.5. The maximum atomic E-state index is 12.2. The third kappa shape index (κ3) is 4.92. The summed E-state index contributed by atoms with van der Waals surface area (Å²) in [4.78, 5) is 16.6. The maximum absolute atomic E-state index is 12.2. The highest BCUT2D eigenvalue weighted by atomic mass is 32.1. The van der Waals surface area contributed by atoms with Crippen LogP contribution in [0.25, 0.3) is 11.3 Å². The molecule has 0 aliphatic rings. The summed E-state index contributed by atoms with van der Waals surface area (Å²) in [5, 5.41) is 7.09. The monoisotopic (exact) mass is 366 g/mol. The molecule has 3 rings (SSSR count). The zero-order valence-electron chi connectivity index (χ0n) is 14.8. The molecule has 0 aliphatic heterocycles. The molecular weight excluding hydrogens is 344 g/mol. The van der Waals surface area contributed by atoms with E-state index >= 15 is 0 Å². The number of aryl methyl sites for hydroxylation is 1. The van der Waals surface area contributed by atoms with Crippen molar-refractivity contribution < 1.29 is 9.53 Å². The molecule has 4 nitrogen and oxygen atoms in total. The molecule has 0 fully saturated rings. The van der Waals surface area contributed by atoms with Crippen LogP contribution in [0, 0.1) is 0 Å². The Morgan fingerprint density at radius 2 is 2.12 bits per heavy atom. The molecule has 0 atom stereocenters. The van der Waals surface area contributed by atoms with E-state index in [1.54, 1.807) is 17.5 Å². The predicted octanol–water partition coefficient (Wildman–Crippen LogP) is 4.46. The largest absolute Gasteiger partial charge is 0.494 e. The Hall–Kier alpha value is -2.66. The Morgan fingerprint density at radius 1 is 1.23 bits per heavy atom. The van der Waals surface area contributed by atoms with Crippen molar-refractivity contribution in [2.75, 3.05) is 6.61 Å². The van der Waals surface area contributed by atoms with Crippen LogP contribution in [0.15, 0.2) is 59.4 Å². The van der Waals surface area contributed by atoms with Gasteiger partial charge < -0.3 is 10.1 Å². The summed E-state index contributed by atoms with van der Waals surface area (Å²) in [6.07, 6.45) is 2.89. The van der Waals surface area contributed by atoms with E-state index in [1.165, 1.54) is 0 Å². The number of thiophene rings is 1. The van der Waals surface area contributed by atoms with Crippen molar-refractivity contribution in [2.45, 2.75) is 26.3 Å². The van der Waals surface area contributed by atoms with E-state index in [2.05, 4.69) is 15.7 Å². The molecule has 1 amide bonds. The Kier molecular flexibility index (Phi) is 6.39. The van der Waals surface area contributed by atoms with Gasteiger partial charge in [0.05, 0.1) is 12.3 Å². The average molecular weight is 366 g/mol. The lowest BCUT2D eigenvalue weighted by molar-refractivity contribution is -0.121. The Balaban J connectivity index is 1.53. The third-order valence-electron chi connectivity index (χ3n) is 4.02. The van der Waals surface area contributed by atoms with Crippen LogP contribution in [-0.2, 0) is 17.8 Å². The lowest BCUT2D eigenvalue weighted by Crippen LogP contribution is -2.23. The van der Waals surface area contributed by atoms with Crippen molar-refractivity contribution in [3.8, 4) is 17.0 Å². The summed E-state index contributed by atoms with van der Waals surface area (Å²) in [5.74, 6) is 0.891. The van der Waals surface area contributed by atoms with Crippen molar-refractivity contribution in [2.24, 2.45) is 0 Å². The highest BCUT2D eigenvalue weighted by Gasteiger charge is 2.07. The van der Waals surface area contributed by atoms with Gasteiger partial charge in [0.15, 0.2) is 0 Å². The van der Waals surface area contributed by atoms with E-state index in [9.17, 15) is 4.79 Å². The Bertz CT molecular complexity index is 847. The summed E-state index contributed by atoms with van der Waals surface area (Å²) < 4.78 is 5.61. The van der Waals surface area contributed by atoms with Crippen molar-refractivity contribution in [3.63, 3.8) is 0 Å². The van der Waals surface area contributed by atoms with Crippen LogP contribution < -0.4 is 10.1 Å². The van der Waals surface area contributed by atoms with Crippen molar-refractivity contribution in [3.05, 3.63) is 70.5 Å². The van der Waals surface area contributed by atoms with Gasteiger partial charge in [0, 0.05) is 30.1 Å². The van der Waals surface area contributed by atoms with Crippen LogP contribution in [0.1, 0.15) is 24.5 Å². The molecule has 2 aromatic heterocycles. The number of para-hydroxylation sites is 1. The first-order valence-corrected chi connectivity index (χ1v) is 9.65. The SMILES string of the molecule is CCOc1ccccc1CCC(=O)NCc1ccnc(-c2ccsc2)c1. The van der Waals surface area contributed by atoms with Crippen molar-refractivity contribution >= 4 is 17.2 Å². The number of hydrogen-bond acceptors (Lipinski definition) is 4.